The predicted octanol–water partition coefficient (Wildman–Crippen LogP) is 5.08. The SMILES string of the molecule is CCN1CCN(CCCNc2ncc(Cl)c(-c3cc4c(C(=O)NC)cccc4s3)n2)CC1.Cl.Cl.Cl. The van der Waals surface area contributed by atoms with Gasteiger partial charge in [-0.1, -0.05) is 24.6 Å². The Labute approximate surface area is 234 Å². The molecule has 1 saturated heterocycles. The zero-order valence-corrected chi connectivity index (χ0v) is 23.8. The van der Waals surface area contributed by atoms with Crippen LogP contribution in [0.4, 0.5) is 5.95 Å². The number of fused-ring (bicyclic) bond motifs is 1. The van der Waals surface area contributed by atoms with Gasteiger partial charge in [0.2, 0.25) is 5.95 Å². The first kappa shape index (κ1) is 31.6. The zero-order chi connectivity index (χ0) is 22.5. The molecule has 194 valence electrons. The van der Waals surface area contributed by atoms with Crippen LogP contribution in [0.1, 0.15) is 23.7 Å². The van der Waals surface area contributed by atoms with Crippen molar-refractivity contribution >= 4 is 82.1 Å². The van der Waals surface area contributed by atoms with Crippen LogP contribution in [-0.4, -0.2) is 78.5 Å². The van der Waals surface area contributed by atoms with E-state index in [9.17, 15) is 4.79 Å². The van der Waals surface area contributed by atoms with Gasteiger partial charge in [0.1, 0.15) is 5.69 Å². The van der Waals surface area contributed by atoms with E-state index in [4.69, 9.17) is 11.6 Å². The maximum Gasteiger partial charge on any atom is 0.251 e. The molecule has 35 heavy (non-hydrogen) atoms. The Kier molecular flexibility index (Phi) is 13.6. The lowest BCUT2D eigenvalue weighted by molar-refractivity contribution is 0.0964. The number of nitrogens with one attached hydrogen (secondary N) is 2. The summed E-state index contributed by atoms with van der Waals surface area (Å²) in [6.45, 7) is 9.83. The van der Waals surface area contributed by atoms with Crippen LogP contribution >= 0.6 is 60.2 Å². The standard InChI is InChI=1S/C23H29ClN6OS.3ClH/c1-3-29-10-12-30(13-11-29)9-5-8-26-23-27-15-18(24)21(28-23)20-14-17-16(22(31)25-2)6-4-7-19(17)32-20;;;/h4,6-7,14-15H,3,5,8-13H2,1-2H3,(H,25,31)(H,26,27,28);3*1H. The molecule has 0 atom stereocenters. The van der Waals surface area contributed by atoms with Crippen molar-refractivity contribution in [3.63, 3.8) is 0 Å². The molecular weight excluding hydrogens is 550 g/mol. The molecule has 3 aromatic rings. The van der Waals surface area contributed by atoms with Gasteiger partial charge in [-0.25, -0.2) is 9.97 Å². The van der Waals surface area contributed by atoms with Gasteiger partial charge in [-0.2, -0.15) is 0 Å². The topological polar surface area (TPSA) is 73.4 Å². The fourth-order valence-corrected chi connectivity index (χ4v) is 5.31. The molecule has 0 radical (unpaired) electrons. The van der Waals surface area contributed by atoms with E-state index in [1.807, 2.05) is 24.3 Å². The van der Waals surface area contributed by atoms with Gasteiger partial charge in [0.15, 0.2) is 0 Å². The normalized spacial score (nSPS) is 13.9. The van der Waals surface area contributed by atoms with Gasteiger partial charge >= 0.3 is 0 Å². The van der Waals surface area contributed by atoms with Gasteiger partial charge in [-0.05, 0) is 37.7 Å². The van der Waals surface area contributed by atoms with Crippen molar-refractivity contribution in [2.24, 2.45) is 0 Å². The number of thiophene rings is 1. The van der Waals surface area contributed by atoms with Crippen LogP contribution in [0.5, 0.6) is 0 Å². The van der Waals surface area contributed by atoms with E-state index in [0.29, 0.717) is 22.2 Å². The Morgan fingerprint density at radius 1 is 1.14 bits per heavy atom. The number of rotatable bonds is 8. The second kappa shape index (κ2) is 15.0. The van der Waals surface area contributed by atoms with Crippen molar-refractivity contribution < 1.29 is 4.79 Å². The summed E-state index contributed by atoms with van der Waals surface area (Å²) in [5.74, 6) is 0.469. The molecule has 3 heterocycles. The highest BCUT2D eigenvalue weighted by atomic mass is 35.5. The minimum atomic E-state index is -0.104. The van der Waals surface area contributed by atoms with Crippen LogP contribution in [0, 0.1) is 0 Å². The number of piperazine rings is 1. The van der Waals surface area contributed by atoms with Crippen molar-refractivity contribution in [1.29, 1.82) is 0 Å². The first-order chi connectivity index (χ1) is 15.6. The predicted molar refractivity (Wildman–Crippen MR) is 155 cm³/mol. The molecule has 0 spiro atoms. The molecule has 1 aliphatic rings. The summed E-state index contributed by atoms with van der Waals surface area (Å²) < 4.78 is 1.02. The van der Waals surface area contributed by atoms with Gasteiger partial charge in [0.05, 0.1) is 16.1 Å². The second-order valence-corrected chi connectivity index (χ2v) is 9.34. The number of hydrogen-bond donors (Lipinski definition) is 2. The van der Waals surface area contributed by atoms with Gasteiger partial charge < -0.3 is 20.4 Å². The van der Waals surface area contributed by atoms with Crippen molar-refractivity contribution in [2.75, 3.05) is 58.2 Å². The zero-order valence-electron chi connectivity index (χ0n) is 19.8. The molecule has 0 bridgehead atoms. The highest BCUT2D eigenvalue weighted by Crippen LogP contribution is 2.37. The van der Waals surface area contributed by atoms with E-state index >= 15 is 0 Å². The third-order valence-corrected chi connectivity index (χ3v) is 7.24. The molecular formula is C23H32Cl4N6OS. The van der Waals surface area contributed by atoms with Crippen molar-refractivity contribution in [3.05, 3.63) is 41.0 Å². The third kappa shape index (κ3) is 7.79. The number of carbonyl (C=O) groups is 1. The summed E-state index contributed by atoms with van der Waals surface area (Å²) in [4.78, 5) is 27.2. The van der Waals surface area contributed by atoms with Crippen LogP contribution in [0.15, 0.2) is 30.5 Å². The average molecular weight is 582 g/mol. The van der Waals surface area contributed by atoms with Crippen LogP contribution in [0.3, 0.4) is 0 Å². The van der Waals surface area contributed by atoms with Crippen LogP contribution in [-0.2, 0) is 0 Å². The molecule has 1 amide bonds. The van der Waals surface area contributed by atoms with Gasteiger partial charge in [-0.3, -0.25) is 4.79 Å². The number of benzene rings is 1. The van der Waals surface area contributed by atoms with Gasteiger partial charge in [-0.15, -0.1) is 48.6 Å². The Morgan fingerprint density at radius 2 is 1.86 bits per heavy atom. The molecule has 12 heteroatoms. The van der Waals surface area contributed by atoms with Gasteiger partial charge in [0.25, 0.3) is 5.91 Å². The minimum Gasteiger partial charge on any atom is -0.355 e. The van der Waals surface area contributed by atoms with Crippen LogP contribution in [0.25, 0.3) is 20.7 Å². The lowest BCUT2D eigenvalue weighted by Gasteiger charge is -2.33. The maximum atomic E-state index is 12.2. The smallest absolute Gasteiger partial charge is 0.251 e. The van der Waals surface area contributed by atoms with E-state index in [-0.39, 0.29) is 43.1 Å². The van der Waals surface area contributed by atoms with Crippen LogP contribution < -0.4 is 10.6 Å². The molecule has 0 unspecified atom stereocenters. The molecule has 1 aromatic carbocycles. The molecule has 1 fully saturated rings. The summed E-state index contributed by atoms with van der Waals surface area (Å²) >= 11 is 8.01. The second-order valence-electron chi connectivity index (χ2n) is 7.85. The Morgan fingerprint density at radius 3 is 2.54 bits per heavy atom. The average Bonchev–Trinajstić information content (AvgIpc) is 3.27. The van der Waals surface area contributed by atoms with Crippen LogP contribution in [0.2, 0.25) is 5.02 Å². The number of aromatic nitrogens is 2. The lowest BCUT2D eigenvalue weighted by atomic mass is 10.1. The summed E-state index contributed by atoms with van der Waals surface area (Å²) in [6.07, 6.45) is 2.67. The molecule has 1 aliphatic heterocycles. The fraction of sp³-hybridized carbons (Fsp3) is 0.435. The van der Waals surface area contributed by atoms with E-state index in [2.05, 4.69) is 37.3 Å². The van der Waals surface area contributed by atoms with E-state index < -0.39 is 0 Å². The van der Waals surface area contributed by atoms with Crippen molar-refractivity contribution in [3.8, 4) is 10.6 Å². The van der Waals surface area contributed by atoms with Crippen molar-refractivity contribution in [2.45, 2.75) is 13.3 Å². The number of nitrogens with zero attached hydrogens (tertiary/aromatic N) is 4. The first-order valence-corrected chi connectivity index (χ1v) is 12.2. The summed E-state index contributed by atoms with van der Waals surface area (Å²) in [5, 5.41) is 7.43. The highest BCUT2D eigenvalue weighted by Gasteiger charge is 2.16. The minimum absolute atomic E-state index is 0. The third-order valence-electron chi connectivity index (χ3n) is 5.86. The Bertz CT molecular complexity index is 1090. The number of hydrogen-bond acceptors (Lipinski definition) is 7. The summed E-state index contributed by atoms with van der Waals surface area (Å²) in [7, 11) is 1.64. The molecule has 2 N–H and O–H groups in total. The quantitative estimate of drug-likeness (QED) is 0.362. The number of amides is 1. The highest BCUT2D eigenvalue weighted by molar-refractivity contribution is 7.22. The van der Waals surface area contributed by atoms with E-state index in [1.165, 1.54) is 0 Å². The molecule has 0 aliphatic carbocycles. The van der Waals surface area contributed by atoms with Crippen molar-refractivity contribution in [1.82, 2.24) is 25.1 Å². The van der Waals surface area contributed by atoms with E-state index in [0.717, 1.165) is 67.2 Å². The first-order valence-electron chi connectivity index (χ1n) is 11.0. The number of likely N-dealkylation sites (N-methyl/N-ethyl adjacent to an activating group) is 1. The summed E-state index contributed by atoms with van der Waals surface area (Å²) in [6, 6.07) is 7.71. The molecule has 0 saturated carbocycles. The largest absolute Gasteiger partial charge is 0.355 e. The lowest BCUT2D eigenvalue weighted by Crippen LogP contribution is -2.46. The Balaban J connectivity index is 0.00000204. The molecule has 4 rings (SSSR count). The fourth-order valence-electron chi connectivity index (χ4n) is 3.97. The number of carbonyl (C=O) groups excluding carboxylic acids is 1. The number of anilines is 1. The van der Waals surface area contributed by atoms with E-state index in [1.54, 1.807) is 24.6 Å². The molecule has 2 aromatic heterocycles. The summed E-state index contributed by atoms with van der Waals surface area (Å²) in [5.41, 5.74) is 1.33. The number of halogens is 4. The van der Waals surface area contributed by atoms with Gasteiger partial charge in [0, 0.05) is 55.4 Å². The monoisotopic (exact) mass is 580 g/mol. The molecule has 7 nitrogen and oxygen atoms in total. The maximum absolute atomic E-state index is 12.2. The Hall–Kier alpha value is -1.39.